The molecule has 1 aliphatic rings. The predicted molar refractivity (Wildman–Crippen MR) is 88.3 cm³/mol. The minimum atomic E-state index is -3.18. The lowest BCUT2D eigenvalue weighted by atomic mass is 10.3. The lowest BCUT2D eigenvalue weighted by Gasteiger charge is -2.30. The zero-order chi connectivity index (χ0) is 14.4. The van der Waals surface area contributed by atoms with E-state index in [-0.39, 0.29) is 0 Å². The standard InChI is InChI=1S/C12H8Cl4O2Si2/c13-19(14)11-7-3-1-5-9(11)17-20(15,16)12-8-4-2-6-10(12)18-19/h1-8H. The molecule has 0 aromatic heterocycles. The fourth-order valence-corrected chi connectivity index (χ4v) is 7.60. The van der Waals surface area contributed by atoms with Gasteiger partial charge in [-0.3, -0.25) is 0 Å². The summed E-state index contributed by atoms with van der Waals surface area (Å²) in [5, 5.41) is 1.21. The fraction of sp³-hybridized carbons (Fsp3) is 0. The van der Waals surface area contributed by atoms with Crippen molar-refractivity contribution in [3.05, 3.63) is 48.5 Å². The highest BCUT2D eigenvalue weighted by atomic mass is 35.7. The molecule has 1 aliphatic heterocycles. The van der Waals surface area contributed by atoms with E-state index in [0.717, 1.165) is 0 Å². The second-order valence-electron chi connectivity index (χ2n) is 4.23. The van der Waals surface area contributed by atoms with E-state index >= 15 is 0 Å². The summed E-state index contributed by atoms with van der Waals surface area (Å²) in [6.45, 7) is -6.37. The average Bonchev–Trinajstić information content (AvgIpc) is 2.37. The lowest BCUT2D eigenvalue weighted by molar-refractivity contribution is 0.562. The summed E-state index contributed by atoms with van der Waals surface area (Å²) in [5.41, 5.74) is 0. The van der Waals surface area contributed by atoms with Crippen LogP contribution < -0.4 is 19.2 Å². The monoisotopic (exact) mass is 380 g/mol. The molecule has 0 aliphatic carbocycles. The van der Waals surface area contributed by atoms with Gasteiger partial charge in [-0.15, -0.1) is 0 Å². The molecule has 8 heteroatoms. The number of fused-ring (bicyclic) bond motifs is 2. The fourth-order valence-electron chi connectivity index (χ4n) is 1.98. The molecule has 0 radical (unpaired) electrons. The van der Waals surface area contributed by atoms with Gasteiger partial charge in [0.15, 0.2) is 0 Å². The Balaban J connectivity index is 2.22. The van der Waals surface area contributed by atoms with E-state index in [1.165, 1.54) is 0 Å². The van der Waals surface area contributed by atoms with Crippen molar-refractivity contribution >= 4 is 68.6 Å². The Hall–Kier alpha value is -0.366. The molecule has 2 aromatic carbocycles. The van der Waals surface area contributed by atoms with Crippen molar-refractivity contribution in [1.29, 1.82) is 0 Å². The van der Waals surface area contributed by atoms with E-state index in [4.69, 9.17) is 53.2 Å². The zero-order valence-electron chi connectivity index (χ0n) is 9.95. The summed E-state index contributed by atoms with van der Waals surface area (Å²) in [7, 11) is 0. The van der Waals surface area contributed by atoms with Crippen LogP contribution >= 0.6 is 44.3 Å². The molecule has 0 saturated heterocycles. The van der Waals surface area contributed by atoms with Crippen molar-refractivity contribution in [3.63, 3.8) is 0 Å². The summed E-state index contributed by atoms with van der Waals surface area (Å²) < 4.78 is 11.7. The third kappa shape index (κ3) is 2.56. The molecular weight excluding hydrogens is 374 g/mol. The number of hydrogen-bond donors (Lipinski definition) is 0. The van der Waals surface area contributed by atoms with Gasteiger partial charge in [-0.25, -0.2) is 0 Å². The molecule has 0 unspecified atom stereocenters. The summed E-state index contributed by atoms with van der Waals surface area (Å²) in [6, 6.07) is 14.3. The van der Waals surface area contributed by atoms with Crippen LogP contribution in [-0.4, -0.2) is 13.9 Å². The number of rotatable bonds is 0. The summed E-state index contributed by atoms with van der Waals surface area (Å²) in [6.07, 6.45) is 0. The van der Waals surface area contributed by atoms with E-state index < -0.39 is 13.9 Å². The Bertz CT molecular complexity index is 606. The van der Waals surface area contributed by atoms with Gasteiger partial charge in [0.2, 0.25) is 0 Å². The number of hydrogen-bond acceptors (Lipinski definition) is 2. The normalized spacial score (nSPS) is 18.6. The molecule has 0 atom stereocenters. The third-order valence-corrected chi connectivity index (χ3v) is 9.28. The van der Waals surface area contributed by atoms with Crippen LogP contribution in [0.2, 0.25) is 0 Å². The summed E-state index contributed by atoms with van der Waals surface area (Å²) >= 11 is 25.7. The first-order valence-corrected chi connectivity index (χ1v) is 13.6. The van der Waals surface area contributed by atoms with Crippen LogP contribution in [0.5, 0.6) is 11.5 Å². The highest BCUT2D eigenvalue weighted by Gasteiger charge is 2.47. The van der Waals surface area contributed by atoms with Gasteiger partial charge >= 0.3 is 13.9 Å². The molecule has 3 rings (SSSR count). The summed E-state index contributed by atoms with van der Waals surface area (Å²) in [5.74, 6) is 0.964. The Morgan fingerprint density at radius 3 is 1.35 bits per heavy atom. The van der Waals surface area contributed by atoms with Gasteiger partial charge in [0.05, 0.1) is 0 Å². The molecule has 0 spiro atoms. The van der Waals surface area contributed by atoms with E-state index in [0.29, 0.717) is 21.9 Å². The van der Waals surface area contributed by atoms with E-state index in [2.05, 4.69) is 0 Å². The molecule has 1 heterocycles. The minimum absolute atomic E-state index is 0.482. The molecule has 0 fully saturated rings. The number of benzene rings is 2. The average molecular weight is 382 g/mol. The zero-order valence-corrected chi connectivity index (χ0v) is 15.0. The topological polar surface area (TPSA) is 18.5 Å². The first-order valence-electron chi connectivity index (χ1n) is 5.73. The highest BCUT2D eigenvalue weighted by molar-refractivity contribution is 7.50. The minimum Gasteiger partial charge on any atom is -0.515 e. The van der Waals surface area contributed by atoms with Gasteiger partial charge < -0.3 is 8.85 Å². The van der Waals surface area contributed by atoms with Crippen molar-refractivity contribution in [2.75, 3.05) is 0 Å². The van der Waals surface area contributed by atoms with Crippen LogP contribution in [0.3, 0.4) is 0 Å². The van der Waals surface area contributed by atoms with Gasteiger partial charge in [-0.1, -0.05) is 80.7 Å². The van der Waals surface area contributed by atoms with Crippen LogP contribution in [0.15, 0.2) is 48.5 Å². The number of para-hydroxylation sites is 2. The third-order valence-electron chi connectivity index (χ3n) is 2.88. The van der Waals surface area contributed by atoms with E-state index in [9.17, 15) is 0 Å². The van der Waals surface area contributed by atoms with Crippen LogP contribution in [0, 0.1) is 0 Å². The Morgan fingerprint density at radius 1 is 0.600 bits per heavy atom. The molecule has 0 bridgehead atoms. The first-order chi connectivity index (χ1) is 9.40. The van der Waals surface area contributed by atoms with Gasteiger partial charge in [-0.05, 0) is 12.1 Å². The van der Waals surface area contributed by atoms with E-state index in [1.54, 1.807) is 24.3 Å². The first kappa shape index (κ1) is 14.6. The molecule has 0 amide bonds. The smallest absolute Gasteiger partial charge is 0.487 e. The maximum Gasteiger partial charge on any atom is 0.487 e. The van der Waals surface area contributed by atoms with Crippen LogP contribution in [-0.2, 0) is 0 Å². The Morgan fingerprint density at radius 2 is 0.950 bits per heavy atom. The van der Waals surface area contributed by atoms with Crippen molar-refractivity contribution in [2.24, 2.45) is 0 Å². The largest absolute Gasteiger partial charge is 0.515 e. The van der Waals surface area contributed by atoms with Gasteiger partial charge in [0.25, 0.3) is 0 Å². The molecule has 104 valence electrons. The number of halogens is 4. The summed E-state index contributed by atoms with van der Waals surface area (Å²) in [4.78, 5) is 0. The second kappa shape index (κ2) is 5.12. The Labute approximate surface area is 137 Å². The maximum atomic E-state index is 6.43. The van der Waals surface area contributed by atoms with Gasteiger partial charge in [0.1, 0.15) is 11.5 Å². The highest BCUT2D eigenvalue weighted by Crippen LogP contribution is 2.32. The maximum absolute atomic E-state index is 6.43. The van der Waals surface area contributed by atoms with Crippen molar-refractivity contribution in [1.82, 2.24) is 0 Å². The lowest BCUT2D eigenvalue weighted by Crippen LogP contribution is -2.53. The second-order valence-corrected chi connectivity index (χ2v) is 15.3. The SMILES string of the molecule is Cl[Si]1(Cl)Oc2ccccc2[Si](Cl)(Cl)Oc2ccccc21. The van der Waals surface area contributed by atoms with Crippen molar-refractivity contribution in [3.8, 4) is 11.5 Å². The molecule has 0 saturated carbocycles. The van der Waals surface area contributed by atoms with E-state index in [1.807, 2.05) is 24.3 Å². The molecular formula is C12H8Cl4O2Si2. The van der Waals surface area contributed by atoms with Crippen LogP contribution in [0.4, 0.5) is 0 Å². The molecule has 0 N–H and O–H groups in total. The molecule has 2 aromatic rings. The van der Waals surface area contributed by atoms with Crippen LogP contribution in [0.1, 0.15) is 0 Å². The molecule has 20 heavy (non-hydrogen) atoms. The Kier molecular flexibility index (Phi) is 3.73. The van der Waals surface area contributed by atoms with Crippen molar-refractivity contribution < 1.29 is 8.85 Å². The predicted octanol–water partition coefficient (Wildman–Crippen LogP) is 3.41. The van der Waals surface area contributed by atoms with Gasteiger partial charge in [-0.2, -0.15) is 0 Å². The van der Waals surface area contributed by atoms with Crippen molar-refractivity contribution in [2.45, 2.75) is 0 Å². The van der Waals surface area contributed by atoms with Gasteiger partial charge in [0, 0.05) is 10.4 Å². The molecule has 2 nitrogen and oxygen atoms in total. The quantitative estimate of drug-likeness (QED) is 0.514. The van der Waals surface area contributed by atoms with Crippen LogP contribution in [0.25, 0.3) is 0 Å².